The maximum Gasteiger partial charge on any atom is 0.253 e. The molecule has 164 valence electrons. The smallest absolute Gasteiger partial charge is 0.253 e. The van der Waals surface area contributed by atoms with E-state index in [0.717, 1.165) is 56.0 Å². The third-order valence-corrected chi connectivity index (χ3v) is 6.17. The van der Waals surface area contributed by atoms with E-state index in [4.69, 9.17) is 0 Å². The lowest BCUT2D eigenvalue weighted by atomic mass is 10.1. The minimum atomic E-state index is 0. The quantitative estimate of drug-likeness (QED) is 0.308. The van der Waals surface area contributed by atoms with Crippen LogP contribution in [0.15, 0.2) is 46.8 Å². The Hall–Kier alpha value is -1.61. The largest absolute Gasteiger partial charge is 0.356 e. The molecule has 2 heterocycles. The molecule has 1 aliphatic heterocycles. The lowest BCUT2D eigenvalue weighted by Crippen LogP contribution is -2.39. The first-order valence-electron chi connectivity index (χ1n) is 10.5. The summed E-state index contributed by atoms with van der Waals surface area (Å²) in [4.78, 5) is 20.3. The summed E-state index contributed by atoms with van der Waals surface area (Å²) in [7, 11) is 1.79. The highest BCUT2D eigenvalue weighted by molar-refractivity contribution is 14.0. The van der Waals surface area contributed by atoms with Crippen molar-refractivity contribution in [2.45, 2.75) is 39.2 Å². The molecule has 1 aliphatic rings. The van der Waals surface area contributed by atoms with Gasteiger partial charge < -0.3 is 15.5 Å². The average Bonchev–Trinajstić information content (AvgIpc) is 3.27. The fourth-order valence-corrected chi connectivity index (χ4v) is 4.44. The summed E-state index contributed by atoms with van der Waals surface area (Å²) in [6, 6.07) is 12.2. The number of hydrogen-bond donors (Lipinski definition) is 2. The molecule has 1 unspecified atom stereocenters. The molecule has 2 N–H and O–H groups in total. The van der Waals surface area contributed by atoms with Crippen LogP contribution in [0.25, 0.3) is 0 Å². The van der Waals surface area contributed by atoms with E-state index in [2.05, 4.69) is 40.1 Å². The van der Waals surface area contributed by atoms with Crippen LogP contribution in [0.1, 0.15) is 47.0 Å². The number of thiophene rings is 1. The molecule has 0 bridgehead atoms. The molecular formula is C23H33IN4OS. The molecule has 30 heavy (non-hydrogen) atoms. The van der Waals surface area contributed by atoms with Crippen molar-refractivity contribution in [1.29, 1.82) is 0 Å². The van der Waals surface area contributed by atoms with Gasteiger partial charge in [-0.1, -0.05) is 25.1 Å². The highest BCUT2D eigenvalue weighted by Crippen LogP contribution is 2.15. The van der Waals surface area contributed by atoms with E-state index in [-0.39, 0.29) is 29.9 Å². The minimum absolute atomic E-state index is 0. The Balaban J connectivity index is 0.00000320. The zero-order valence-corrected chi connectivity index (χ0v) is 21.0. The molecule has 1 aromatic carbocycles. The van der Waals surface area contributed by atoms with Crippen molar-refractivity contribution in [3.8, 4) is 0 Å². The molecule has 0 radical (unpaired) electrons. The van der Waals surface area contributed by atoms with Crippen LogP contribution in [-0.4, -0.2) is 43.4 Å². The summed E-state index contributed by atoms with van der Waals surface area (Å²) in [5.41, 5.74) is 1.91. The molecular weight excluding hydrogens is 507 g/mol. The second-order valence-electron chi connectivity index (χ2n) is 7.75. The van der Waals surface area contributed by atoms with E-state index >= 15 is 0 Å². The van der Waals surface area contributed by atoms with E-state index in [0.29, 0.717) is 12.5 Å². The Bertz CT molecular complexity index is 786. The Labute approximate surface area is 201 Å². The predicted octanol–water partition coefficient (Wildman–Crippen LogP) is 4.54. The van der Waals surface area contributed by atoms with Gasteiger partial charge in [-0.25, -0.2) is 0 Å². The number of aliphatic imine (C=N–C) groups is 1. The van der Waals surface area contributed by atoms with E-state index in [9.17, 15) is 4.79 Å². The Kier molecular flexibility index (Phi) is 10.6. The van der Waals surface area contributed by atoms with Crippen molar-refractivity contribution < 1.29 is 4.79 Å². The number of guanidine groups is 1. The van der Waals surface area contributed by atoms with Crippen molar-refractivity contribution in [2.75, 3.05) is 26.7 Å². The van der Waals surface area contributed by atoms with Gasteiger partial charge in [0, 0.05) is 43.7 Å². The fraction of sp³-hybridized carbons (Fsp3) is 0.478. The van der Waals surface area contributed by atoms with Crippen LogP contribution in [0.4, 0.5) is 0 Å². The van der Waals surface area contributed by atoms with Crippen LogP contribution in [0.3, 0.4) is 0 Å². The third-order valence-electron chi connectivity index (χ3n) is 5.28. The van der Waals surface area contributed by atoms with Gasteiger partial charge in [0.15, 0.2) is 5.96 Å². The van der Waals surface area contributed by atoms with E-state index in [1.165, 1.54) is 11.3 Å². The van der Waals surface area contributed by atoms with Crippen molar-refractivity contribution in [1.82, 2.24) is 15.5 Å². The average molecular weight is 541 g/mol. The Morgan fingerprint density at radius 1 is 1.13 bits per heavy atom. The summed E-state index contributed by atoms with van der Waals surface area (Å²) < 4.78 is 0. The summed E-state index contributed by atoms with van der Waals surface area (Å²) in [5, 5.41) is 8.89. The van der Waals surface area contributed by atoms with Crippen LogP contribution >= 0.6 is 35.3 Å². The van der Waals surface area contributed by atoms with Crippen molar-refractivity contribution in [3.63, 3.8) is 0 Å². The number of nitrogens with zero attached hydrogens (tertiary/aromatic N) is 2. The molecule has 1 fully saturated rings. The minimum Gasteiger partial charge on any atom is -0.356 e. The summed E-state index contributed by atoms with van der Waals surface area (Å²) >= 11 is 1.81. The highest BCUT2D eigenvalue weighted by Gasteiger charge is 2.17. The fourth-order valence-electron chi connectivity index (χ4n) is 3.57. The van der Waals surface area contributed by atoms with Crippen LogP contribution in [-0.2, 0) is 13.0 Å². The normalized spacial score (nSPS) is 15.3. The molecule has 0 aliphatic carbocycles. The molecule has 0 spiro atoms. The maximum absolute atomic E-state index is 12.6. The monoisotopic (exact) mass is 540 g/mol. The van der Waals surface area contributed by atoms with Gasteiger partial charge in [0.1, 0.15) is 0 Å². The second kappa shape index (κ2) is 12.9. The molecule has 0 saturated carbocycles. The second-order valence-corrected chi connectivity index (χ2v) is 8.78. The van der Waals surface area contributed by atoms with Crippen LogP contribution in [0, 0.1) is 5.92 Å². The summed E-state index contributed by atoms with van der Waals surface area (Å²) in [6.45, 7) is 5.57. The summed E-state index contributed by atoms with van der Waals surface area (Å²) in [6.07, 6.45) is 4.54. The van der Waals surface area contributed by atoms with Crippen molar-refractivity contribution >= 4 is 47.2 Å². The molecule has 1 aromatic heterocycles. The predicted molar refractivity (Wildman–Crippen MR) is 137 cm³/mol. The van der Waals surface area contributed by atoms with Gasteiger partial charge in [-0.15, -0.1) is 35.3 Å². The number of rotatable bonds is 7. The number of likely N-dealkylation sites (tertiary alicyclic amines) is 1. The van der Waals surface area contributed by atoms with Crippen LogP contribution < -0.4 is 10.6 Å². The van der Waals surface area contributed by atoms with Gasteiger partial charge in [-0.05, 0) is 60.7 Å². The van der Waals surface area contributed by atoms with E-state index in [1.807, 2.05) is 40.5 Å². The van der Waals surface area contributed by atoms with E-state index in [1.54, 1.807) is 7.05 Å². The van der Waals surface area contributed by atoms with Gasteiger partial charge in [-0.2, -0.15) is 0 Å². The first-order valence-corrected chi connectivity index (χ1v) is 11.4. The maximum atomic E-state index is 12.6. The summed E-state index contributed by atoms with van der Waals surface area (Å²) in [5.74, 6) is 1.49. The zero-order chi connectivity index (χ0) is 20.5. The number of hydrogen-bond acceptors (Lipinski definition) is 3. The van der Waals surface area contributed by atoms with Gasteiger partial charge in [-0.3, -0.25) is 9.79 Å². The SMILES string of the molecule is CN=C(NCc1ccc(C(=O)N2CCCCC2)cc1)NCC(C)Cc1cccs1.I. The Morgan fingerprint density at radius 3 is 2.50 bits per heavy atom. The molecule has 1 saturated heterocycles. The number of halogens is 1. The number of benzene rings is 1. The van der Waals surface area contributed by atoms with Crippen LogP contribution in [0.2, 0.25) is 0 Å². The zero-order valence-electron chi connectivity index (χ0n) is 17.9. The first-order chi connectivity index (χ1) is 14.2. The molecule has 1 atom stereocenters. The topological polar surface area (TPSA) is 56.7 Å². The third kappa shape index (κ3) is 7.58. The lowest BCUT2D eigenvalue weighted by molar-refractivity contribution is 0.0724. The number of carbonyl (C=O) groups is 1. The molecule has 1 amide bonds. The van der Waals surface area contributed by atoms with Gasteiger partial charge in [0.25, 0.3) is 5.91 Å². The molecule has 2 aromatic rings. The molecule has 5 nitrogen and oxygen atoms in total. The van der Waals surface area contributed by atoms with Crippen molar-refractivity contribution in [2.24, 2.45) is 10.9 Å². The van der Waals surface area contributed by atoms with Gasteiger partial charge in [0.2, 0.25) is 0 Å². The van der Waals surface area contributed by atoms with Crippen molar-refractivity contribution in [3.05, 3.63) is 57.8 Å². The first kappa shape index (κ1) is 24.7. The number of carbonyl (C=O) groups excluding carboxylic acids is 1. The Morgan fingerprint density at radius 2 is 1.87 bits per heavy atom. The number of amides is 1. The molecule has 3 rings (SSSR count). The standard InChI is InChI=1S/C23H32N4OS.HI/c1-18(15-21-7-6-14-29-21)16-25-23(24-2)26-17-19-8-10-20(11-9-19)22(28)27-12-4-3-5-13-27;/h6-11,14,18H,3-5,12-13,15-17H2,1-2H3,(H2,24,25,26);1H. The number of nitrogens with one attached hydrogen (secondary N) is 2. The lowest BCUT2D eigenvalue weighted by Gasteiger charge is -2.26. The van der Waals surface area contributed by atoms with E-state index < -0.39 is 0 Å². The molecule has 7 heteroatoms. The highest BCUT2D eigenvalue weighted by atomic mass is 127. The number of piperidine rings is 1. The van der Waals surface area contributed by atoms with Gasteiger partial charge in [0.05, 0.1) is 0 Å². The van der Waals surface area contributed by atoms with Crippen LogP contribution in [0.5, 0.6) is 0 Å². The van der Waals surface area contributed by atoms with Gasteiger partial charge >= 0.3 is 0 Å².